The molecule has 1 aromatic heterocycles. The summed E-state index contributed by atoms with van der Waals surface area (Å²) in [7, 11) is 0. The lowest BCUT2D eigenvalue weighted by molar-refractivity contribution is 0.175. The Morgan fingerprint density at radius 1 is 1.33 bits per heavy atom. The molecule has 1 heterocycles. The summed E-state index contributed by atoms with van der Waals surface area (Å²) in [5.41, 5.74) is 1.95. The van der Waals surface area contributed by atoms with Gasteiger partial charge in [-0.05, 0) is 30.0 Å². The summed E-state index contributed by atoms with van der Waals surface area (Å²) in [6, 6.07) is 7.87. The van der Waals surface area contributed by atoms with E-state index in [1.807, 2.05) is 35.0 Å². The molecule has 0 saturated heterocycles. The van der Waals surface area contributed by atoms with Crippen molar-refractivity contribution < 1.29 is 10.2 Å². The van der Waals surface area contributed by atoms with Gasteiger partial charge in [-0.1, -0.05) is 12.1 Å². The third-order valence-corrected chi connectivity index (χ3v) is 2.48. The van der Waals surface area contributed by atoms with E-state index in [1.54, 1.807) is 6.92 Å². The fourth-order valence-corrected chi connectivity index (χ4v) is 1.77. The highest BCUT2D eigenvalue weighted by Crippen LogP contribution is 2.18. The summed E-state index contributed by atoms with van der Waals surface area (Å²) < 4.78 is 2.00. The zero-order valence-electron chi connectivity index (χ0n) is 8.72. The van der Waals surface area contributed by atoms with Gasteiger partial charge >= 0.3 is 0 Å². The van der Waals surface area contributed by atoms with Crippen LogP contribution >= 0.6 is 0 Å². The fourth-order valence-electron chi connectivity index (χ4n) is 1.77. The largest absolute Gasteiger partial charge is 0.392 e. The Labute approximate surface area is 88.6 Å². The van der Waals surface area contributed by atoms with Gasteiger partial charge in [-0.2, -0.15) is 0 Å². The van der Waals surface area contributed by atoms with Crippen LogP contribution in [0.15, 0.2) is 30.5 Å². The quantitative estimate of drug-likeness (QED) is 0.798. The first-order chi connectivity index (χ1) is 7.20. The van der Waals surface area contributed by atoms with Crippen molar-refractivity contribution in [2.24, 2.45) is 0 Å². The van der Waals surface area contributed by atoms with E-state index < -0.39 is 0 Å². The topological polar surface area (TPSA) is 45.4 Å². The smallest absolute Gasteiger partial charge is 0.0691 e. The molecule has 80 valence electrons. The normalized spacial score (nSPS) is 13.3. The van der Waals surface area contributed by atoms with Crippen molar-refractivity contribution in [1.82, 2.24) is 4.57 Å². The lowest BCUT2D eigenvalue weighted by Gasteiger charge is -2.08. The van der Waals surface area contributed by atoms with Gasteiger partial charge in [0.2, 0.25) is 0 Å². The average Bonchev–Trinajstić information content (AvgIpc) is 2.60. The summed E-state index contributed by atoms with van der Waals surface area (Å²) in [4.78, 5) is 0. The minimum atomic E-state index is -0.363. The number of aliphatic hydroxyl groups is 2. The van der Waals surface area contributed by atoms with E-state index in [-0.39, 0.29) is 12.7 Å². The van der Waals surface area contributed by atoms with Crippen LogP contribution in [-0.2, 0) is 13.2 Å². The molecule has 0 radical (unpaired) electrons. The van der Waals surface area contributed by atoms with Crippen molar-refractivity contribution in [2.75, 3.05) is 0 Å². The van der Waals surface area contributed by atoms with Crippen molar-refractivity contribution in [3.05, 3.63) is 36.0 Å². The standard InChI is InChI=1S/C12H15NO2/c1-9(15)7-13-5-4-11-3-2-10(8-14)6-12(11)13/h2-6,9,14-15H,7-8H2,1H3. The number of aliphatic hydroxyl groups excluding tert-OH is 2. The predicted octanol–water partition coefficient (Wildman–Crippen LogP) is 1.51. The molecule has 0 aliphatic carbocycles. The number of fused-ring (bicyclic) bond motifs is 1. The average molecular weight is 205 g/mol. The fraction of sp³-hybridized carbons (Fsp3) is 0.333. The van der Waals surface area contributed by atoms with Crippen LogP contribution in [0.2, 0.25) is 0 Å². The molecule has 2 aromatic rings. The zero-order valence-corrected chi connectivity index (χ0v) is 8.72. The summed E-state index contributed by atoms with van der Waals surface area (Å²) >= 11 is 0. The Balaban J connectivity index is 2.46. The van der Waals surface area contributed by atoms with Crippen LogP contribution in [0.1, 0.15) is 12.5 Å². The maximum atomic E-state index is 9.34. The van der Waals surface area contributed by atoms with E-state index in [0.717, 1.165) is 16.5 Å². The van der Waals surface area contributed by atoms with Crippen LogP contribution in [0, 0.1) is 0 Å². The maximum Gasteiger partial charge on any atom is 0.0691 e. The van der Waals surface area contributed by atoms with Gasteiger partial charge in [-0.3, -0.25) is 0 Å². The molecule has 2 N–H and O–H groups in total. The van der Waals surface area contributed by atoms with Gasteiger partial charge in [0.25, 0.3) is 0 Å². The van der Waals surface area contributed by atoms with Crippen LogP contribution in [0.25, 0.3) is 10.9 Å². The van der Waals surface area contributed by atoms with Gasteiger partial charge in [0, 0.05) is 18.3 Å². The third kappa shape index (κ3) is 2.03. The van der Waals surface area contributed by atoms with E-state index in [0.29, 0.717) is 6.54 Å². The van der Waals surface area contributed by atoms with Crippen molar-refractivity contribution in [3.8, 4) is 0 Å². The van der Waals surface area contributed by atoms with Gasteiger partial charge in [-0.25, -0.2) is 0 Å². The highest BCUT2D eigenvalue weighted by atomic mass is 16.3. The second-order valence-electron chi connectivity index (χ2n) is 3.87. The zero-order chi connectivity index (χ0) is 10.8. The van der Waals surface area contributed by atoms with Gasteiger partial charge in [-0.15, -0.1) is 0 Å². The number of nitrogens with zero attached hydrogens (tertiary/aromatic N) is 1. The van der Waals surface area contributed by atoms with E-state index in [9.17, 15) is 5.11 Å². The summed E-state index contributed by atoms with van der Waals surface area (Å²) in [6.07, 6.45) is 1.59. The summed E-state index contributed by atoms with van der Waals surface area (Å²) in [6.45, 7) is 2.40. The van der Waals surface area contributed by atoms with Crippen molar-refractivity contribution in [2.45, 2.75) is 26.2 Å². The molecule has 0 bridgehead atoms. The van der Waals surface area contributed by atoms with Crippen LogP contribution in [0.5, 0.6) is 0 Å². The van der Waals surface area contributed by atoms with Gasteiger partial charge < -0.3 is 14.8 Å². The van der Waals surface area contributed by atoms with Crippen molar-refractivity contribution >= 4 is 10.9 Å². The van der Waals surface area contributed by atoms with E-state index in [4.69, 9.17) is 5.11 Å². The molecule has 3 nitrogen and oxygen atoms in total. The first kappa shape index (κ1) is 10.2. The van der Waals surface area contributed by atoms with Crippen molar-refractivity contribution in [3.63, 3.8) is 0 Å². The lowest BCUT2D eigenvalue weighted by Crippen LogP contribution is -2.10. The Morgan fingerprint density at radius 3 is 2.80 bits per heavy atom. The second kappa shape index (κ2) is 4.04. The van der Waals surface area contributed by atoms with Gasteiger partial charge in [0.1, 0.15) is 0 Å². The predicted molar refractivity (Wildman–Crippen MR) is 59.5 cm³/mol. The molecule has 0 spiro atoms. The number of hydrogen-bond acceptors (Lipinski definition) is 2. The molecule has 1 unspecified atom stereocenters. The molecule has 0 amide bonds. The number of hydrogen-bond donors (Lipinski definition) is 2. The SMILES string of the molecule is CC(O)Cn1ccc2ccc(CO)cc21. The summed E-state index contributed by atoms with van der Waals surface area (Å²) in [5.74, 6) is 0. The molecule has 0 fully saturated rings. The van der Waals surface area contributed by atoms with Crippen molar-refractivity contribution in [1.29, 1.82) is 0 Å². The maximum absolute atomic E-state index is 9.34. The van der Waals surface area contributed by atoms with Gasteiger partial charge in [0.15, 0.2) is 0 Å². The van der Waals surface area contributed by atoms with Gasteiger partial charge in [0.05, 0.1) is 12.7 Å². The number of rotatable bonds is 3. The van der Waals surface area contributed by atoms with Crippen LogP contribution in [0.3, 0.4) is 0 Å². The molecule has 0 aliphatic heterocycles. The molecular weight excluding hydrogens is 190 g/mol. The van der Waals surface area contributed by atoms with Crippen LogP contribution in [-0.4, -0.2) is 20.9 Å². The monoisotopic (exact) mass is 205 g/mol. The number of benzene rings is 1. The Kier molecular flexibility index (Phi) is 2.75. The highest BCUT2D eigenvalue weighted by Gasteiger charge is 2.04. The van der Waals surface area contributed by atoms with E-state index >= 15 is 0 Å². The number of aromatic nitrogens is 1. The first-order valence-electron chi connectivity index (χ1n) is 5.07. The van der Waals surface area contributed by atoms with Crippen LogP contribution in [0.4, 0.5) is 0 Å². The minimum Gasteiger partial charge on any atom is -0.392 e. The summed E-state index contributed by atoms with van der Waals surface area (Å²) in [5, 5.41) is 19.5. The van der Waals surface area contributed by atoms with Crippen LogP contribution < -0.4 is 0 Å². The molecule has 1 aromatic carbocycles. The third-order valence-electron chi connectivity index (χ3n) is 2.48. The minimum absolute atomic E-state index is 0.0514. The second-order valence-corrected chi connectivity index (χ2v) is 3.87. The molecule has 1 atom stereocenters. The highest BCUT2D eigenvalue weighted by molar-refractivity contribution is 5.80. The Morgan fingerprint density at radius 2 is 2.13 bits per heavy atom. The molecule has 15 heavy (non-hydrogen) atoms. The molecular formula is C12H15NO2. The molecule has 0 aliphatic rings. The lowest BCUT2D eigenvalue weighted by atomic mass is 10.2. The molecule has 2 rings (SSSR count). The Hall–Kier alpha value is -1.32. The molecule has 0 saturated carbocycles. The molecule has 3 heteroatoms. The van der Waals surface area contributed by atoms with E-state index in [2.05, 4.69) is 0 Å². The van der Waals surface area contributed by atoms with E-state index in [1.165, 1.54) is 0 Å². The first-order valence-corrected chi connectivity index (χ1v) is 5.07. The Bertz CT molecular complexity index is 460.